The highest BCUT2D eigenvalue weighted by Gasteiger charge is 2.47. The first-order chi connectivity index (χ1) is 19.4. The largest absolute Gasteiger partial charge is 0.478 e. The van der Waals surface area contributed by atoms with Crippen molar-refractivity contribution in [1.29, 1.82) is 0 Å². The van der Waals surface area contributed by atoms with E-state index in [-0.39, 0.29) is 17.4 Å². The van der Waals surface area contributed by atoms with E-state index in [1.54, 1.807) is 41.5 Å². The van der Waals surface area contributed by atoms with Gasteiger partial charge in [-0.1, -0.05) is 18.2 Å². The normalized spacial score (nSPS) is 18.6. The fourth-order valence-corrected chi connectivity index (χ4v) is 5.77. The summed E-state index contributed by atoms with van der Waals surface area (Å²) in [5, 5.41) is 19.2. The van der Waals surface area contributed by atoms with Crippen LogP contribution in [-0.2, 0) is 19.0 Å². The zero-order valence-corrected chi connectivity index (χ0v) is 21.4. The van der Waals surface area contributed by atoms with E-state index in [1.807, 2.05) is 31.4 Å². The average molecular weight is 534 g/mol. The van der Waals surface area contributed by atoms with Crippen molar-refractivity contribution in [3.8, 4) is 11.3 Å². The van der Waals surface area contributed by atoms with E-state index in [9.17, 15) is 14.3 Å². The van der Waals surface area contributed by atoms with E-state index in [1.165, 1.54) is 18.3 Å². The van der Waals surface area contributed by atoms with Crippen molar-refractivity contribution in [2.45, 2.75) is 18.0 Å². The molecule has 0 aliphatic carbocycles. The lowest BCUT2D eigenvalue weighted by Gasteiger charge is -2.42. The molecule has 2 atom stereocenters. The molecule has 0 saturated heterocycles. The minimum atomic E-state index is -1.06. The zero-order valence-electron chi connectivity index (χ0n) is 21.4. The van der Waals surface area contributed by atoms with Gasteiger partial charge in [0.2, 0.25) is 0 Å². The Kier molecular flexibility index (Phi) is 5.39. The maximum Gasteiger partial charge on any atom is 0.337 e. The second kappa shape index (κ2) is 8.99. The minimum absolute atomic E-state index is 0.0824. The predicted octanol–water partition coefficient (Wildman–Crippen LogP) is 4.70. The maximum atomic E-state index is 13.5. The van der Waals surface area contributed by atoms with Gasteiger partial charge in [-0.05, 0) is 53.9 Å². The SMILES string of the molecule is Cn1cc([C@]2(c3cncc(C(=O)O)c3)N[C@@H](c3ncc(-c4ccc(F)cc4)[nH]3)Cc3c2[nH]c2ccccc32)cn1. The molecule has 6 aromatic rings. The molecule has 1 aliphatic rings. The maximum absolute atomic E-state index is 13.5. The fraction of sp³-hybridized carbons (Fsp3) is 0.133. The Morgan fingerprint density at radius 1 is 1.05 bits per heavy atom. The molecule has 4 N–H and O–H groups in total. The van der Waals surface area contributed by atoms with Gasteiger partial charge in [-0.25, -0.2) is 14.2 Å². The second-order valence-electron chi connectivity index (χ2n) is 10.0. The quantitative estimate of drug-likeness (QED) is 0.255. The van der Waals surface area contributed by atoms with Crippen LogP contribution in [0, 0.1) is 5.82 Å². The summed E-state index contributed by atoms with van der Waals surface area (Å²) in [7, 11) is 1.84. The van der Waals surface area contributed by atoms with Crippen LogP contribution in [0.5, 0.6) is 0 Å². The number of para-hydroxylation sites is 1. The van der Waals surface area contributed by atoms with E-state index >= 15 is 0 Å². The van der Waals surface area contributed by atoms with Gasteiger partial charge in [0.25, 0.3) is 0 Å². The van der Waals surface area contributed by atoms with Gasteiger partial charge in [0, 0.05) is 53.4 Å². The van der Waals surface area contributed by atoms with Crippen LogP contribution in [0.2, 0.25) is 0 Å². The molecule has 0 radical (unpaired) electrons. The van der Waals surface area contributed by atoms with Gasteiger partial charge in [-0.15, -0.1) is 0 Å². The van der Waals surface area contributed by atoms with Crippen molar-refractivity contribution in [2.24, 2.45) is 7.05 Å². The van der Waals surface area contributed by atoms with Crippen molar-refractivity contribution in [2.75, 3.05) is 0 Å². The number of aryl methyl sites for hydroxylation is 1. The van der Waals surface area contributed by atoms with Crippen LogP contribution in [0.15, 0.2) is 85.6 Å². The van der Waals surface area contributed by atoms with Gasteiger partial charge in [0.05, 0.1) is 29.7 Å². The van der Waals surface area contributed by atoms with Gasteiger partial charge in [-0.3, -0.25) is 15.0 Å². The summed E-state index contributed by atoms with van der Waals surface area (Å²) >= 11 is 0. The number of carboxylic acids is 1. The molecule has 5 heterocycles. The van der Waals surface area contributed by atoms with Crippen LogP contribution in [0.4, 0.5) is 4.39 Å². The Labute approximate surface area is 227 Å². The Bertz CT molecular complexity index is 1890. The summed E-state index contributed by atoms with van der Waals surface area (Å²) in [6.45, 7) is 0. The lowest BCUT2D eigenvalue weighted by Crippen LogP contribution is -2.51. The van der Waals surface area contributed by atoms with Crippen molar-refractivity contribution in [1.82, 2.24) is 35.0 Å². The van der Waals surface area contributed by atoms with Crippen LogP contribution in [0.1, 0.15) is 44.6 Å². The standard InChI is InChI=1S/C30H24FN7O2/c1-38-16-20(14-34-38)30(19-10-18(29(39)40)12-32-13-19)27-23(22-4-2-3-5-24(22)35-27)11-25(37-30)28-33-15-26(36-28)17-6-8-21(31)9-7-17/h2-10,12-16,25,35,37H,11H2,1H3,(H,33,36)(H,39,40)/t25-,30+/m1/s1. The number of nitrogens with one attached hydrogen (secondary N) is 3. The van der Waals surface area contributed by atoms with Crippen LogP contribution in [0.3, 0.4) is 0 Å². The molecule has 0 saturated carbocycles. The fourth-order valence-electron chi connectivity index (χ4n) is 5.77. The molecule has 4 aromatic heterocycles. The van der Waals surface area contributed by atoms with Gasteiger partial charge in [0.15, 0.2) is 0 Å². The third kappa shape index (κ3) is 3.72. The number of aromatic carboxylic acids is 1. The molecule has 0 spiro atoms. The third-order valence-corrected chi connectivity index (χ3v) is 7.62. The number of hydrogen-bond acceptors (Lipinski definition) is 5. The number of halogens is 1. The second-order valence-corrected chi connectivity index (χ2v) is 10.0. The Hall–Kier alpha value is -5.09. The molecule has 2 aromatic carbocycles. The molecular weight excluding hydrogens is 509 g/mol. The van der Waals surface area contributed by atoms with Crippen LogP contribution >= 0.6 is 0 Å². The number of aromatic amines is 2. The molecule has 1 aliphatic heterocycles. The molecule has 0 fully saturated rings. The van der Waals surface area contributed by atoms with Crippen molar-refractivity contribution >= 4 is 16.9 Å². The highest BCUT2D eigenvalue weighted by molar-refractivity contribution is 5.88. The highest BCUT2D eigenvalue weighted by Crippen LogP contribution is 2.46. The summed E-state index contributed by atoms with van der Waals surface area (Å²) < 4.78 is 15.3. The zero-order chi connectivity index (χ0) is 27.4. The molecule has 7 rings (SSSR count). The van der Waals surface area contributed by atoms with E-state index in [2.05, 4.69) is 31.4 Å². The molecule has 0 bridgehead atoms. The smallest absolute Gasteiger partial charge is 0.337 e. The summed E-state index contributed by atoms with van der Waals surface area (Å²) in [6, 6.07) is 15.7. The Balaban J connectivity index is 1.46. The number of H-pyrrole nitrogens is 2. The van der Waals surface area contributed by atoms with Gasteiger partial charge in [-0.2, -0.15) is 5.10 Å². The van der Waals surface area contributed by atoms with Gasteiger partial charge < -0.3 is 15.1 Å². The Morgan fingerprint density at radius 3 is 2.65 bits per heavy atom. The molecule has 10 heteroatoms. The average Bonchev–Trinajstić information content (AvgIpc) is 3.72. The van der Waals surface area contributed by atoms with Crippen LogP contribution < -0.4 is 5.32 Å². The molecule has 198 valence electrons. The molecule has 9 nitrogen and oxygen atoms in total. The number of fused-ring (bicyclic) bond motifs is 3. The lowest BCUT2D eigenvalue weighted by molar-refractivity contribution is 0.0696. The third-order valence-electron chi connectivity index (χ3n) is 7.62. The van der Waals surface area contributed by atoms with Crippen molar-refractivity contribution < 1.29 is 14.3 Å². The number of pyridine rings is 1. The lowest BCUT2D eigenvalue weighted by atomic mass is 9.75. The number of rotatable bonds is 5. The van der Waals surface area contributed by atoms with Crippen molar-refractivity contribution in [3.63, 3.8) is 0 Å². The number of benzene rings is 2. The Morgan fingerprint density at radius 2 is 1.88 bits per heavy atom. The summed E-state index contributed by atoms with van der Waals surface area (Å²) in [5.41, 5.74) is 5.08. The van der Waals surface area contributed by atoms with E-state index in [0.717, 1.165) is 39.0 Å². The van der Waals surface area contributed by atoms with E-state index in [4.69, 9.17) is 4.98 Å². The first-order valence-electron chi connectivity index (χ1n) is 12.8. The summed E-state index contributed by atoms with van der Waals surface area (Å²) in [6.07, 6.45) is 9.10. The van der Waals surface area contributed by atoms with E-state index in [0.29, 0.717) is 17.8 Å². The number of carbonyl (C=O) groups is 1. The van der Waals surface area contributed by atoms with Crippen molar-refractivity contribution in [3.05, 3.63) is 125 Å². The molecule has 0 amide bonds. The van der Waals surface area contributed by atoms with E-state index < -0.39 is 11.5 Å². The van der Waals surface area contributed by atoms with Gasteiger partial charge in [0.1, 0.15) is 17.2 Å². The summed E-state index contributed by atoms with van der Waals surface area (Å²) in [4.78, 5) is 28.1. The number of nitrogens with zero attached hydrogens (tertiary/aromatic N) is 4. The molecule has 0 unspecified atom stereocenters. The first kappa shape index (κ1) is 24.0. The minimum Gasteiger partial charge on any atom is -0.478 e. The monoisotopic (exact) mass is 533 g/mol. The van der Waals surface area contributed by atoms with Gasteiger partial charge >= 0.3 is 5.97 Å². The molecular formula is C30H24FN7O2. The number of imidazole rings is 1. The predicted molar refractivity (Wildman–Crippen MR) is 146 cm³/mol. The highest BCUT2D eigenvalue weighted by atomic mass is 19.1. The van der Waals surface area contributed by atoms with Crippen LogP contribution in [-0.4, -0.2) is 40.8 Å². The number of aromatic nitrogens is 6. The first-order valence-corrected chi connectivity index (χ1v) is 12.8. The number of hydrogen-bond donors (Lipinski definition) is 4. The number of carboxylic acid groups (broad SMARTS) is 1. The molecule has 40 heavy (non-hydrogen) atoms. The summed E-state index contributed by atoms with van der Waals surface area (Å²) in [5.74, 6) is -0.663. The topological polar surface area (TPSA) is 125 Å². The van der Waals surface area contributed by atoms with Crippen LogP contribution in [0.25, 0.3) is 22.2 Å².